The Morgan fingerprint density at radius 2 is 1.39 bits per heavy atom. The Balaban J connectivity index is 2.11. The molecule has 0 radical (unpaired) electrons. The molecule has 1 heterocycles. The van der Waals surface area contributed by atoms with Crippen molar-refractivity contribution in [3.8, 4) is 0 Å². The lowest BCUT2D eigenvalue weighted by molar-refractivity contribution is -0.172. The first-order valence-electron chi connectivity index (χ1n) is 9.59. The third-order valence-corrected chi connectivity index (χ3v) is 3.70. The maximum atomic E-state index is 12.5. The molecule has 0 bridgehead atoms. The Hall–Kier alpha value is -3.43. The van der Waals surface area contributed by atoms with Gasteiger partial charge in [0.2, 0.25) is 0 Å². The fraction of sp³-hybridized carbons (Fsp3) is 0.476. The molecule has 31 heavy (non-hydrogen) atoms. The number of carbonyl (C=O) groups excluding carboxylic acids is 5. The van der Waals surface area contributed by atoms with E-state index in [0.29, 0.717) is 5.06 Å². The van der Waals surface area contributed by atoms with Gasteiger partial charge in [-0.25, -0.2) is 14.4 Å². The molecule has 10 heteroatoms. The largest absolute Gasteiger partial charge is 0.458 e. The highest BCUT2D eigenvalue weighted by Crippen LogP contribution is 2.23. The van der Waals surface area contributed by atoms with Crippen LogP contribution in [-0.4, -0.2) is 52.2 Å². The minimum atomic E-state index is -1.46. The Morgan fingerprint density at radius 3 is 1.84 bits per heavy atom. The fourth-order valence-corrected chi connectivity index (χ4v) is 2.57. The summed E-state index contributed by atoms with van der Waals surface area (Å²) in [4.78, 5) is 66.6. The number of alkyl carbamates (subject to hydrolysis) is 1. The average molecular weight is 434 g/mol. The van der Waals surface area contributed by atoms with Crippen LogP contribution in [0.1, 0.15) is 68.7 Å². The van der Waals surface area contributed by atoms with Crippen LogP contribution in [0.2, 0.25) is 0 Å². The Morgan fingerprint density at radius 1 is 0.903 bits per heavy atom. The summed E-state index contributed by atoms with van der Waals surface area (Å²) in [6, 6.07) is 4.53. The third kappa shape index (κ3) is 6.53. The summed E-state index contributed by atoms with van der Waals surface area (Å²) >= 11 is 0. The van der Waals surface area contributed by atoms with Gasteiger partial charge in [-0.2, -0.15) is 0 Å². The molecule has 1 aliphatic rings. The summed E-state index contributed by atoms with van der Waals surface area (Å²) in [5, 5.41) is 2.59. The molecule has 2 rings (SSSR count). The van der Waals surface area contributed by atoms with Crippen LogP contribution in [0.5, 0.6) is 0 Å². The maximum absolute atomic E-state index is 12.5. The molecule has 0 saturated heterocycles. The zero-order chi connectivity index (χ0) is 23.6. The van der Waals surface area contributed by atoms with E-state index in [2.05, 4.69) is 5.32 Å². The van der Waals surface area contributed by atoms with Crippen LogP contribution in [0.3, 0.4) is 0 Å². The van der Waals surface area contributed by atoms with Gasteiger partial charge in [0, 0.05) is 0 Å². The van der Waals surface area contributed by atoms with Crippen molar-refractivity contribution < 1.29 is 38.3 Å². The number of esters is 1. The van der Waals surface area contributed by atoms with Crippen LogP contribution in [0.4, 0.5) is 4.79 Å². The molecule has 1 atom stereocenters. The average Bonchev–Trinajstić information content (AvgIpc) is 2.83. The Bertz CT molecular complexity index is 876. The van der Waals surface area contributed by atoms with Crippen molar-refractivity contribution in [3.05, 3.63) is 35.4 Å². The van der Waals surface area contributed by atoms with Crippen molar-refractivity contribution >= 4 is 29.8 Å². The molecule has 0 unspecified atom stereocenters. The van der Waals surface area contributed by atoms with Gasteiger partial charge in [0.05, 0.1) is 17.5 Å². The molecule has 1 aromatic carbocycles. The maximum Gasteiger partial charge on any atom is 0.408 e. The highest BCUT2D eigenvalue weighted by molar-refractivity contribution is 6.20. The molecular weight excluding hydrogens is 408 g/mol. The van der Waals surface area contributed by atoms with Crippen molar-refractivity contribution in [2.75, 3.05) is 0 Å². The quantitative estimate of drug-likeness (QED) is 0.552. The van der Waals surface area contributed by atoms with Crippen LogP contribution < -0.4 is 5.32 Å². The van der Waals surface area contributed by atoms with E-state index in [-0.39, 0.29) is 11.1 Å². The highest BCUT2D eigenvalue weighted by Gasteiger charge is 2.40. The molecule has 1 aliphatic heterocycles. The number of imide groups is 1. The van der Waals surface area contributed by atoms with E-state index in [9.17, 15) is 24.0 Å². The van der Waals surface area contributed by atoms with Gasteiger partial charge < -0.3 is 19.6 Å². The number of rotatable bonds is 5. The van der Waals surface area contributed by atoms with Gasteiger partial charge in [0.1, 0.15) is 17.2 Å². The van der Waals surface area contributed by atoms with Gasteiger partial charge in [-0.15, -0.1) is 0 Å². The van der Waals surface area contributed by atoms with Gasteiger partial charge >= 0.3 is 18.0 Å². The van der Waals surface area contributed by atoms with Gasteiger partial charge in [0.15, 0.2) is 0 Å². The number of carbonyl (C=O) groups is 5. The molecule has 1 N–H and O–H groups in total. The lowest BCUT2D eigenvalue weighted by Gasteiger charge is -2.26. The van der Waals surface area contributed by atoms with E-state index in [1.807, 2.05) is 0 Å². The van der Waals surface area contributed by atoms with Gasteiger partial charge in [0.25, 0.3) is 11.8 Å². The number of nitrogens with zero attached hydrogens (tertiary/aromatic N) is 1. The number of fused-ring (bicyclic) bond motifs is 1. The first kappa shape index (κ1) is 23.8. The first-order valence-corrected chi connectivity index (χ1v) is 9.59. The summed E-state index contributed by atoms with van der Waals surface area (Å²) in [5.74, 6) is -3.61. The van der Waals surface area contributed by atoms with E-state index < -0.39 is 53.5 Å². The number of benzene rings is 1. The zero-order valence-corrected chi connectivity index (χ0v) is 18.3. The number of nitrogens with one attached hydrogen (secondary N) is 1. The van der Waals surface area contributed by atoms with Crippen LogP contribution in [-0.2, 0) is 23.9 Å². The van der Waals surface area contributed by atoms with Crippen molar-refractivity contribution in [1.82, 2.24) is 10.4 Å². The molecule has 0 spiro atoms. The first-order chi connectivity index (χ1) is 14.2. The minimum Gasteiger partial charge on any atom is -0.458 e. The molecule has 1 aromatic rings. The summed E-state index contributed by atoms with van der Waals surface area (Å²) in [7, 11) is 0. The third-order valence-electron chi connectivity index (χ3n) is 3.70. The topological polar surface area (TPSA) is 128 Å². The SMILES string of the molecule is CC(C)(C)OC(=O)N[C@@H](CC(=O)ON1C(=O)c2ccccc2C1=O)C(=O)OC(C)(C)C. The molecule has 10 nitrogen and oxygen atoms in total. The van der Waals surface area contributed by atoms with E-state index in [0.717, 1.165) is 0 Å². The second kappa shape index (κ2) is 8.75. The lowest BCUT2D eigenvalue weighted by Crippen LogP contribution is -2.47. The monoisotopic (exact) mass is 434 g/mol. The van der Waals surface area contributed by atoms with E-state index in [1.54, 1.807) is 53.7 Å². The lowest BCUT2D eigenvalue weighted by atomic mass is 10.1. The number of hydrogen-bond acceptors (Lipinski definition) is 8. The molecule has 0 saturated carbocycles. The second-order valence-electron chi connectivity index (χ2n) is 8.85. The molecule has 3 amide bonds. The summed E-state index contributed by atoms with van der Waals surface area (Å²) in [6.07, 6.45) is -1.64. The minimum absolute atomic E-state index is 0.0934. The predicted octanol–water partition coefficient (Wildman–Crippen LogP) is 2.37. The molecule has 0 aromatic heterocycles. The summed E-state index contributed by atoms with van der Waals surface area (Å²) in [6.45, 7) is 9.74. The molecule has 168 valence electrons. The van der Waals surface area contributed by atoms with Crippen LogP contribution in [0.15, 0.2) is 24.3 Å². The van der Waals surface area contributed by atoms with Crippen molar-refractivity contribution in [1.29, 1.82) is 0 Å². The van der Waals surface area contributed by atoms with Crippen LogP contribution in [0.25, 0.3) is 0 Å². The predicted molar refractivity (Wildman–Crippen MR) is 107 cm³/mol. The van der Waals surface area contributed by atoms with Gasteiger partial charge in [-0.05, 0) is 53.7 Å². The number of ether oxygens (including phenoxy) is 2. The highest BCUT2D eigenvalue weighted by atomic mass is 16.7. The Kier molecular flexibility index (Phi) is 6.73. The van der Waals surface area contributed by atoms with Crippen molar-refractivity contribution in [2.45, 2.75) is 65.2 Å². The van der Waals surface area contributed by atoms with Crippen LogP contribution in [0, 0.1) is 0 Å². The van der Waals surface area contributed by atoms with E-state index >= 15 is 0 Å². The van der Waals surface area contributed by atoms with E-state index in [1.165, 1.54) is 12.1 Å². The van der Waals surface area contributed by atoms with E-state index in [4.69, 9.17) is 14.3 Å². The molecule has 0 aliphatic carbocycles. The normalized spacial score (nSPS) is 14.6. The molecular formula is C21H26N2O8. The number of hydroxylamine groups is 2. The Labute approximate surface area is 179 Å². The second-order valence-corrected chi connectivity index (χ2v) is 8.85. The summed E-state index contributed by atoms with van der Waals surface area (Å²) in [5.41, 5.74) is -1.55. The van der Waals surface area contributed by atoms with Crippen LogP contribution >= 0.6 is 0 Å². The number of amides is 3. The van der Waals surface area contributed by atoms with Gasteiger partial charge in [-0.3, -0.25) is 9.59 Å². The fourth-order valence-electron chi connectivity index (χ4n) is 2.57. The molecule has 0 fully saturated rings. The zero-order valence-electron chi connectivity index (χ0n) is 18.3. The van der Waals surface area contributed by atoms with Crippen molar-refractivity contribution in [3.63, 3.8) is 0 Å². The van der Waals surface area contributed by atoms with Gasteiger partial charge in [-0.1, -0.05) is 17.2 Å². The number of hydrogen-bond donors (Lipinski definition) is 1. The smallest absolute Gasteiger partial charge is 0.408 e. The standard InChI is InChI=1S/C21H26N2O8/c1-20(2,3)29-18(27)14(22-19(28)30-21(4,5)6)11-15(24)31-23-16(25)12-9-7-8-10-13(12)17(23)26/h7-10,14H,11H2,1-6H3,(H,22,28)/t14-/m0/s1. The van der Waals surface area contributed by atoms with Crippen molar-refractivity contribution in [2.24, 2.45) is 0 Å². The summed E-state index contributed by atoms with van der Waals surface area (Å²) < 4.78 is 10.3.